The molecule has 0 aliphatic rings. The van der Waals surface area contributed by atoms with Crippen LogP contribution in [0.4, 0.5) is 0 Å². The van der Waals surface area contributed by atoms with Crippen LogP contribution in [-0.2, 0) is 14.1 Å². The van der Waals surface area contributed by atoms with Crippen LogP contribution in [0.1, 0.15) is 0 Å². The summed E-state index contributed by atoms with van der Waals surface area (Å²) in [5.74, 6) is 1.89. The first-order chi connectivity index (χ1) is 24.1. The minimum absolute atomic E-state index is 0.945. The summed E-state index contributed by atoms with van der Waals surface area (Å²) in [6.45, 7) is 0. The minimum atomic E-state index is 0.945. The molecule has 10 rings (SSSR count). The predicted octanol–water partition coefficient (Wildman–Crippen LogP) is 10.7. The molecule has 0 aliphatic heterocycles. The van der Waals surface area contributed by atoms with E-state index in [0.29, 0.717) is 0 Å². The molecule has 5 heteroatoms. The van der Waals surface area contributed by atoms with Crippen LogP contribution in [0.3, 0.4) is 0 Å². The predicted molar refractivity (Wildman–Crippen MR) is 203 cm³/mol. The Morgan fingerprint density at radius 3 is 1.59 bits per heavy atom. The summed E-state index contributed by atoms with van der Waals surface area (Å²) in [4.78, 5) is 10.1. The van der Waals surface area contributed by atoms with Crippen LogP contribution >= 0.6 is 0 Å². The number of aromatic nitrogens is 5. The van der Waals surface area contributed by atoms with Crippen molar-refractivity contribution in [2.75, 3.05) is 0 Å². The van der Waals surface area contributed by atoms with Gasteiger partial charge in [-0.05, 0) is 76.5 Å². The Hall–Kier alpha value is -6.46. The van der Waals surface area contributed by atoms with Gasteiger partial charge in [-0.25, -0.2) is 9.97 Å². The number of hydrogen-bond acceptors (Lipinski definition) is 2. The monoisotopic (exact) mass is 629 g/mol. The van der Waals surface area contributed by atoms with Crippen LogP contribution in [0.5, 0.6) is 0 Å². The number of para-hydroxylation sites is 4. The maximum atomic E-state index is 5.05. The van der Waals surface area contributed by atoms with Crippen LogP contribution in [0, 0.1) is 0 Å². The van der Waals surface area contributed by atoms with Crippen molar-refractivity contribution in [3.05, 3.63) is 152 Å². The zero-order chi connectivity index (χ0) is 32.6. The molecule has 3 aromatic heterocycles. The summed E-state index contributed by atoms with van der Waals surface area (Å²) in [7, 11) is 4.19. The Bertz CT molecular complexity index is 2920. The summed E-state index contributed by atoms with van der Waals surface area (Å²) in [5.41, 5.74) is 12.1. The minimum Gasteiger partial charge on any atom is -0.327 e. The Morgan fingerprint density at radius 2 is 0.918 bits per heavy atom. The fraction of sp³-hybridized carbons (Fsp3) is 0.0455. The van der Waals surface area contributed by atoms with Crippen molar-refractivity contribution in [3.63, 3.8) is 0 Å². The molecule has 0 unspecified atom stereocenters. The molecule has 0 saturated heterocycles. The first-order valence-electron chi connectivity index (χ1n) is 16.6. The standard InChI is InChI=1S/C44H31N5/c1-47-39-16-7-5-14-37(39)45-43(47)32-12-9-13-34(25-32)49-41-26-31(30-19-18-28-10-3-4-11-29(28)24-30)20-22-35(41)36-23-21-33(27-42(36)49)44-46-38-15-6-8-17-40(38)48(44)2/h3-27H,1-2H3. The SMILES string of the molecule is Cn1c(-c2cccc(-n3c4cc(-c5ccc6ccccc6c5)ccc4c4ccc(-c5nc6ccccc6n5C)cc43)c2)nc2ccccc21. The van der Waals surface area contributed by atoms with Crippen molar-refractivity contribution < 1.29 is 0 Å². The molecule has 232 valence electrons. The van der Waals surface area contributed by atoms with Crippen molar-refractivity contribution in [1.29, 1.82) is 0 Å². The van der Waals surface area contributed by atoms with Gasteiger partial charge in [0.25, 0.3) is 0 Å². The van der Waals surface area contributed by atoms with Gasteiger partial charge >= 0.3 is 0 Å². The smallest absolute Gasteiger partial charge is 0.140 e. The first kappa shape index (κ1) is 27.6. The van der Waals surface area contributed by atoms with Crippen LogP contribution in [-0.4, -0.2) is 23.7 Å². The fourth-order valence-electron chi connectivity index (χ4n) is 7.58. The van der Waals surface area contributed by atoms with Crippen LogP contribution in [0.2, 0.25) is 0 Å². The second kappa shape index (κ2) is 10.5. The molecule has 5 nitrogen and oxygen atoms in total. The van der Waals surface area contributed by atoms with E-state index < -0.39 is 0 Å². The van der Waals surface area contributed by atoms with Crippen molar-refractivity contribution >= 4 is 54.6 Å². The third-order valence-electron chi connectivity index (χ3n) is 10.0. The molecule has 0 N–H and O–H groups in total. The van der Waals surface area contributed by atoms with E-state index in [1.807, 2.05) is 12.1 Å². The number of rotatable bonds is 4. The van der Waals surface area contributed by atoms with Gasteiger partial charge in [0.2, 0.25) is 0 Å². The molecule has 0 amide bonds. The molecule has 0 fully saturated rings. The third-order valence-corrected chi connectivity index (χ3v) is 10.0. The summed E-state index contributed by atoms with van der Waals surface area (Å²) < 4.78 is 6.78. The van der Waals surface area contributed by atoms with Gasteiger partial charge in [0.05, 0.1) is 33.1 Å². The van der Waals surface area contributed by atoms with E-state index >= 15 is 0 Å². The van der Waals surface area contributed by atoms with Gasteiger partial charge in [0.1, 0.15) is 11.6 Å². The highest BCUT2D eigenvalue weighted by atomic mass is 15.1. The van der Waals surface area contributed by atoms with Gasteiger partial charge in [0.15, 0.2) is 0 Å². The number of benzene rings is 7. The lowest BCUT2D eigenvalue weighted by molar-refractivity contribution is 0.958. The fourth-order valence-corrected chi connectivity index (χ4v) is 7.58. The maximum absolute atomic E-state index is 5.05. The van der Waals surface area contributed by atoms with Gasteiger partial charge in [-0.15, -0.1) is 0 Å². The molecular formula is C44H31N5. The van der Waals surface area contributed by atoms with Crippen molar-refractivity contribution in [2.45, 2.75) is 0 Å². The van der Waals surface area contributed by atoms with Gasteiger partial charge in [0, 0.05) is 41.7 Å². The van der Waals surface area contributed by atoms with Gasteiger partial charge in [-0.3, -0.25) is 0 Å². The zero-order valence-corrected chi connectivity index (χ0v) is 27.2. The molecule has 0 saturated carbocycles. The van der Waals surface area contributed by atoms with Gasteiger partial charge in [-0.2, -0.15) is 0 Å². The van der Waals surface area contributed by atoms with Crippen LogP contribution < -0.4 is 0 Å². The first-order valence-corrected chi connectivity index (χ1v) is 16.6. The number of imidazole rings is 2. The van der Waals surface area contributed by atoms with E-state index in [4.69, 9.17) is 9.97 Å². The van der Waals surface area contributed by atoms with Crippen LogP contribution in [0.25, 0.3) is 94.2 Å². The summed E-state index contributed by atoms with van der Waals surface area (Å²) in [6.07, 6.45) is 0. The van der Waals surface area contributed by atoms with E-state index in [2.05, 4.69) is 167 Å². The van der Waals surface area contributed by atoms with Crippen molar-refractivity contribution in [3.8, 4) is 39.6 Å². The second-order valence-corrected chi connectivity index (χ2v) is 12.9. The largest absolute Gasteiger partial charge is 0.327 e. The highest BCUT2D eigenvalue weighted by molar-refractivity contribution is 6.11. The Balaban J connectivity index is 1.23. The molecule has 7 aromatic carbocycles. The molecule has 0 radical (unpaired) electrons. The topological polar surface area (TPSA) is 40.6 Å². The lowest BCUT2D eigenvalue weighted by Crippen LogP contribution is -1.98. The Labute approximate surface area is 282 Å². The number of hydrogen-bond donors (Lipinski definition) is 0. The van der Waals surface area contributed by atoms with E-state index in [9.17, 15) is 0 Å². The number of aryl methyl sites for hydroxylation is 2. The number of fused-ring (bicyclic) bond motifs is 6. The molecule has 49 heavy (non-hydrogen) atoms. The average molecular weight is 630 g/mol. The number of nitrogens with zero attached hydrogens (tertiary/aromatic N) is 5. The Morgan fingerprint density at radius 1 is 0.388 bits per heavy atom. The zero-order valence-electron chi connectivity index (χ0n) is 27.2. The molecule has 0 aliphatic carbocycles. The Kier molecular flexibility index (Phi) is 5.94. The van der Waals surface area contributed by atoms with Crippen molar-refractivity contribution in [1.82, 2.24) is 23.7 Å². The molecule has 0 bridgehead atoms. The molecular weight excluding hydrogens is 599 g/mol. The van der Waals surface area contributed by atoms with Crippen molar-refractivity contribution in [2.24, 2.45) is 14.1 Å². The summed E-state index contributed by atoms with van der Waals surface area (Å²) in [5, 5.41) is 4.90. The summed E-state index contributed by atoms with van der Waals surface area (Å²) >= 11 is 0. The second-order valence-electron chi connectivity index (χ2n) is 12.9. The normalized spacial score (nSPS) is 11.9. The van der Waals surface area contributed by atoms with Crippen LogP contribution in [0.15, 0.2) is 152 Å². The van der Waals surface area contributed by atoms with E-state index in [1.165, 1.54) is 32.7 Å². The highest BCUT2D eigenvalue weighted by Gasteiger charge is 2.18. The molecule has 3 heterocycles. The molecule has 0 atom stereocenters. The lowest BCUT2D eigenvalue weighted by Gasteiger charge is -2.12. The third kappa shape index (κ3) is 4.26. The quantitative estimate of drug-likeness (QED) is 0.194. The van der Waals surface area contributed by atoms with Gasteiger partial charge < -0.3 is 13.7 Å². The van der Waals surface area contributed by atoms with E-state index in [0.717, 1.165) is 61.6 Å². The molecule has 0 spiro atoms. The van der Waals surface area contributed by atoms with E-state index in [-0.39, 0.29) is 0 Å². The van der Waals surface area contributed by atoms with Gasteiger partial charge in [-0.1, -0.05) is 97.1 Å². The average Bonchev–Trinajstić information content (AvgIpc) is 3.79. The highest BCUT2D eigenvalue weighted by Crippen LogP contribution is 2.38. The summed E-state index contributed by atoms with van der Waals surface area (Å²) in [6, 6.07) is 54.3. The lowest BCUT2D eigenvalue weighted by atomic mass is 10.00. The molecule has 10 aromatic rings. The maximum Gasteiger partial charge on any atom is 0.140 e. The van der Waals surface area contributed by atoms with E-state index in [1.54, 1.807) is 0 Å².